The standard InChI is InChI=1S/C25H36N2O5S/c1-18-8-7-11-21(26(18)32-17-31-15-19-9-5-4-6-10-19)23(28)27-22-14-20-12-13-25(22,24(20,2)3)16-33(27,29)30/h4-6,9-10,18,20-22H,7-8,11-17H2,1-3H3/t18-,20-,21-,22-,25-/m1/s1. The largest absolute Gasteiger partial charge is 0.349 e. The van der Waals surface area contributed by atoms with Crippen LogP contribution >= 0.6 is 0 Å². The lowest BCUT2D eigenvalue weighted by Gasteiger charge is -2.41. The fraction of sp³-hybridized carbons (Fsp3) is 0.720. The summed E-state index contributed by atoms with van der Waals surface area (Å²) >= 11 is 0. The summed E-state index contributed by atoms with van der Waals surface area (Å²) < 4.78 is 33.7. The van der Waals surface area contributed by atoms with Gasteiger partial charge in [-0.2, -0.15) is 5.06 Å². The maximum Gasteiger partial charge on any atom is 0.256 e. The fourth-order valence-corrected chi connectivity index (χ4v) is 9.75. The first-order chi connectivity index (χ1) is 15.7. The number of ether oxygens (including phenoxy) is 1. The third-order valence-electron chi connectivity index (χ3n) is 9.15. The van der Waals surface area contributed by atoms with E-state index in [0.717, 1.165) is 37.7 Å². The molecule has 2 aliphatic heterocycles. The van der Waals surface area contributed by atoms with Gasteiger partial charge in [-0.3, -0.25) is 9.63 Å². The minimum Gasteiger partial charge on any atom is -0.349 e. The number of carbonyl (C=O) groups is 1. The first-order valence-electron chi connectivity index (χ1n) is 12.3. The van der Waals surface area contributed by atoms with Crippen molar-refractivity contribution >= 4 is 15.9 Å². The predicted octanol–water partition coefficient (Wildman–Crippen LogP) is 3.70. The molecule has 5 rings (SSSR count). The molecule has 4 fully saturated rings. The summed E-state index contributed by atoms with van der Waals surface area (Å²) in [7, 11) is -3.64. The fourth-order valence-electron chi connectivity index (χ4n) is 7.18. The van der Waals surface area contributed by atoms with Crippen LogP contribution in [0.1, 0.15) is 64.9 Å². The van der Waals surface area contributed by atoms with Crippen LogP contribution in [0.3, 0.4) is 0 Å². The number of hydrogen-bond donors (Lipinski definition) is 0. The average Bonchev–Trinajstić information content (AvgIpc) is 3.25. The summed E-state index contributed by atoms with van der Waals surface area (Å²) in [6.45, 7) is 6.88. The maximum absolute atomic E-state index is 13.8. The van der Waals surface area contributed by atoms with E-state index in [1.54, 1.807) is 5.06 Å². The summed E-state index contributed by atoms with van der Waals surface area (Å²) in [6, 6.07) is 9.06. The summed E-state index contributed by atoms with van der Waals surface area (Å²) in [5.41, 5.74) is 0.686. The molecule has 0 aromatic heterocycles. The van der Waals surface area contributed by atoms with E-state index in [2.05, 4.69) is 13.8 Å². The molecular weight excluding hydrogens is 440 g/mol. The van der Waals surface area contributed by atoms with Crippen molar-refractivity contribution in [3.63, 3.8) is 0 Å². The molecule has 2 bridgehead atoms. The molecule has 33 heavy (non-hydrogen) atoms. The van der Waals surface area contributed by atoms with Gasteiger partial charge in [0, 0.05) is 11.5 Å². The second kappa shape index (κ2) is 8.33. The van der Waals surface area contributed by atoms with E-state index in [0.29, 0.717) is 18.9 Å². The SMILES string of the molecule is C[C@@H]1CCC[C@H](C(=O)N2[C@@H]3C[C@H]4CC[C@]3(CS2(=O)=O)C4(C)C)N1OCOCc1ccccc1. The number of rotatable bonds is 6. The molecule has 1 amide bonds. The number of sulfonamides is 1. The van der Waals surface area contributed by atoms with Crippen LogP contribution in [0.5, 0.6) is 0 Å². The van der Waals surface area contributed by atoms with E-state index >= 15 is 0 Å². The molecule has 1 aromatic rings. The second-order valence-electron chi connectivity index (χ2n) is 11.0. The number of amides is 1. The van der Waals surface area contributed by atoms with Crippen LogP contribution in [0.15, 0.2) is 30.3 Å². The van der Waals surface area contributed by atoms with Gasteiger partial charge in [-0.15, -0.1) is 0 Å². The highest BCUT2D eigenvalue weighted by Crippen LogP contribution is 2.70. The Morgan fingerprint density at radius 3 is 2.64 bits per heavy atom. The number of hydrogen-bond acceptors (Lipinski definition) is 6. The Hall–Kier alpha value is -1.48. The van der Waals surface area contributed by atoms with E-state index in [4.69, 9.17) is 9.57 Å². The average molecular weight is 477 g/mol. The Morgan fingerprint density at radius 1 is 1.15 bits per heavy atom. The van der Waals surface area contributed by atoms with E-state index in [1.165, 1.54) is 4.31 Å². The van der Waals surface area contributed by atoms with Gasteiger partial charge in [0.15, 0.2) is 6.79 Å². The number of benzene rings is 1. The predicted molar refractivity (Wildman–Crippen MR) is 124 cm³/mol. The van der Waals surface area contributed by atoms with Crippen LogP contribution < -0.4 is 0 Å². The normalized spacial score (nSPS) is 36.8. The highest BCUT2D eigenvalue weighted by atomic mass is 32.2. The lowest BCUT2D eigenvalue weighted by Crippen LogP contribution is -2.56. The van der Waals surface area contributed by atoms with Gasteiger partial charge in [-0.1, -0.05) is 44.2 Å². The van der Waals surface area contributed by atoms with E-state index in [9.17, 15) is 13.2 Å². The molecule has 0 radical (unpaired) electrons. The minimum absolute atomic E-state index is 0.0174. The zero-order valence-corrected chi connectivity index (χ0v) is 20.7. The molecule has 8 heteroatoms. The number of hydroxylamine groups is 2. The zero-order chi connectivity index (χ0) is 23.4. The third-order valence-corrected chi connectivity index (χ3v) is 11.1. The smallest absolute Gasteiger partial charge is 0.256 e. The monoisotopic (exact) mass is 476 g/mol. The molecule has 7 nitrogen and oxygen atoms in total. The minimum atomic E-state index is -3.64. The maximum atomic E-state index is 13.8. The Bertz CT molecular complexity index is 997. The molecule has 0 N–H and O–H groups in total. The zero-order valence-electron chi connectivity index (χ0n) is 19.9. The molecule has 0 unspecified atom stereocenters. The van der Waals surface area contributed by atoms with Crippen molar-refractivity contribution in [2.45, 2.75) is 84.0 Å². The Kier molecular flexibility index (Phi) is 5.87. The first-order valence-corrected chi connectivity index (χ1v) is 13.9. The van der Waals surface area contributed by atoms with Gasteiger partial charge in [0.05, 0.1) is 18.4 Å². The van der Waals surface area contributed by atoms with Crippen LogP contribution in [-0.2, 0) is 31.0 Å². The van der Waals surface area contributed by atoms with E-state index < -0.39 is 16.1 Å². The molecule has 2 aliphatic carbocycles. The highest BCUT2D eigenvalue weighted by Gasteiger charge is 2.72. The Labute approximate surface area is 197 Å². The van der Waals surface area contributed by atoms with Gasteiger partial charge < -0.3 is 4.74 Å². The van der Waals surface area contributed by atoms with E-state index in [1.807, 2.05) is 37.3 Å². The lowest BCUT2D eigenvalue weighted by atomic mass is 9.69. The molecule has 1 aromatic carbocycles. The number of fused-ring (bicyclic) bond motifs is 1. The Morgan fingerprint density at radius 2 is 1.91 bits per heavy atom. The lowest BCUT2D eigenvalue weighted by molar-refractivity contribution is -0.269. The Balaban J connectivity index is 1.31. The molecule has 4 aliphatic rings. The quantitative estimate of drug-likeness (QED) is 0.460. The van der Waals surface area contributed by atoms with Crippen molar-refractivity contribution in [3.05, 3.63) is 35.9 Å². The van der Waals surface area contributed by atoms with Crippen molar-refractivity contribution in [2.24, 2.45) is 16.7 Å². The molecule has 5 atom stereocenters. The van der Waals surface area contributed by atoms with Crippen molar-refractivity contribution < 1.29 is 22.8 Å². The molecule has 2 saturated heterocycles. The molecule has 182 valence electrons. The third kappa shape index (κ3) is 3.65. The van der Waals surface area contributed by atoms with Crippen molar-refractivity contribution in [1.82, 2.24) is 9.37 Å². The topological polar surface area (TPSA) is 76.2 Å². The molecule has 1 spiro atoms. The van der Waals surface area contributed by atoms with Crippen molar-refractivity contribution in [1.29, 1.82) is 0 Å². The summed E-state index contributed by atoms with van der Waals surface area (Å²) in [6.07, 6.45) is 5.13. The molecule has 2 saturated carbocycles. The van der Waals surface area contributed by atoms with Crippen LogP contribution in [0.25, 0.3) is 0 Å². The van der Waals surface area contributed by atoms with Crippen LogP contribution in [-0.4, -0.2) is 54.4 Å². The highest BCUT2D eigenvalue weighted by molar-refractivity contribution is 7.90. The summed E-state index contributed by atoms with van der Waals surface area (Å²) in [5.74, 6) is 0.274. The van der Waals surface area contributed by atoms with Gasteiger partial charge in [0.25, 0.3) is 5.91 Å². The second-order valence-corrected chi connectivity index (χ2v) is 12.8. The first kappa shape index (κ1) is 23.3. The number of piperidine rings is 1. The molecular formula is C25H36N2O5S. The van der Waals surface area contributed by atoms with E-state index in [-0.39, 0.29) is 41.4 Å². The van der Waals surface area contributed by atoms with Gasteiger partial charge >= 0.3 is 0 Å². The van der Waals surface area contributed by atoms with Gasteiger partial charge in [0.2, 0.25) is 10.0 Å². The van der Waals surface area contributed by atoms with Gasteiger partial charge in [0.1, 0.15) is 6.04 Å². The number of nitrogens with zero attached hydrogens (tertiary/aromatic N) is 2. The molecule has 2 heterocycles. The van der Waals surface area contributed by atoms with Crippen molar-refractivity contribution in [3.8, 4) is 0 Å². The summed E-state index contributed by atoms with van der Waals surface area (Å²) in [5, 5.41) is 1.70. The van der Waals surface area contributed by atoms with Crippen LogP contribution in [0, 0.1) is 16.7 Å². The van der Waals surface area contributed by atoms with Gasteiger partial charge in [-0.05, 0) is 62.3 Å². The van der Waals surface area contributed by atoms with Crippen molar-refractivity contribution in [2.75, 3.05) is 12.5 Å². The van der Waals surface area contributed by atoms with Crippen LogP contribution in [0.2, 0.25) is 0 Å². The number of carbonyl (C=O) groups excluding carboxylic acids is 1. The van der Waals surface area contributed by atoms with Crippen LogP contribution in [0.4, 0.5) is 0 Å². The van der Waals surface area contributed by atoms with Gasteiger partial charge in [-0.25, -0.2) is 12.7 Å². The summed E-state index contributed by atoms with van der Waals surface area (Å²) in [4.78, 5) is 19.8.